The number of allylic oxidation sites excluding steroid dienone is 1. The largest absolute Gasteiger partial charge is 0.416 e. The Morgan fingerprint density at radius 1 is 1.28 bits per heavy atom. The Hall–Kier alpha value is -3.62. The van der Waals surface area contributed by atoms with Crippen molar-refractivity contribution in [2.75, 3.05) is 13.1 Å². The van der Waals surface area contributed by atoms with E-state index >= 15 is 0 Å². The summed E-state index contributed by atoms with van der Waals surface area (Å²) in [4.78, 5) is 25.8. The summed E-state index contributed by atoms with van der Waals surface area (Å²) in [6.45, 7) is 6.39. The van der Waals surface area contributed by atoms with Gasteiger partial charge in [-0.15, -0.1) is 0 Å². The molecule has 9 nitrogen and oxygen atoms in total. The van der Waals surface area contributed by atoms with Crippen molar-refractivity contribution in [3.8, 4) is 11.1 Å². The number of carbonyl (C=O) groups excluding carboxylic acids is 2. The second kappa shape index (κ2) is 7.42. The average Bonchev–Trinajstić information content (AvgIpc) is 3.36. The van der Waals surface area contributed by atoms with E-state index in [0.717, 1.165) is 35.0 Å². The van der Waals surface area contributed by atoms with Gasteiger partial charge in [0.2, 0.25) is 0 Å². The van der Waals surface area contributed by atoms with E-state index in [4.69, 9.17) is 10.5 Å². The van der Waals surface area contributed by atoms with Crippen LogP contribution in [-0.2, 0) is 4.74 Å². The number of nitrogens with zero attached hydrogens (tertiary/aromatic N) is 3. The van der Waals surface area contributed by atoms with Crippen molar-refractivity contribution in [2.45, 2.75) is 25.7 Å². The quantitative estimate of drug-likeness (QED) is 0.586. The monoisotopic (exact) mass is 394 g/mol. The van der Waals surface area contributed by atoms with Crippen molar-refractivity contribution in [2.24, 2.45) is 5.73 Å². The molecule has 2 amide bonds. The van der Waals surface area contributed by atoms with Crippen LogP contribution in [-0.4, -0.2) is 50.4 Å². The van der Waals surface area contributed by atoms with Crippen LogP contribution in [0.2, 0.25) is 0 Å². The first-order chi connectivity index (χ1) is 13.9. The third kappa shape index (κ3) is 3.58. The van der Waals surface area contributed by atoms with Crippen molar-refractivity contribution in [3.63, 3.8) is 0 Å². The number of hydrogen-bond donors (Lipinski definition) is 3. The number of H-pyrrole nitrogens is 2. The molecule has 0 saturated carbocycles. The summed E-state index contributed by atoms with van der Waals surface area (Å²) in [5.41, 5.74) is 9.17. The fraction of sp³-hybridized carbons (Fsp3) is 0.300. The number of rotatable bonds is 4. The number of fused-ring (bicyclic) bond motifs is 1. The molecule has 3 heterocycles. The molecule has 1 fully saturated rings. The lowest BCUT2D eigenvalue weighted by Crippen LogP contribution is -2.38. The zero-order valence-electron chi connectivity index (χ0n) is 16.1. The highest BCUT2D eigenvalue weighted by Crippen LogP contribution is 2.35. The minimum absolute atomic E-state index is 0.175. The first-order valence-corrected chi connectivity index (χ1v) is 9.37. The molecule has 2 aromatic heterocycles. The summed E-state index contributed by atoms with van der Waals surface area (Å²) >= 11 is 0. The molecule has 4 rings (SSSR count). The zero-order valence-corrected chi connectivity index (χ0v) is 16.1. The van der Waals surface area contributed by atoms with Crippen molar-refractivity contribution in [3.05, 3.63) is 48.1 Å². The maximum atomic E-state index is 12.1. The molecule has 29 heavy (non-hydrogen) atoms. The van der Waals surface area contributed by atoms with Crippen LogP contribution in [0.4, 0.5) is 4.79 Å². The number of amides is 2. The van der Waals surface area contributed by atoms with Crippen LogP contribution < -0.4 is 5.73 Å². The van der Waals surface area contributed by atoms with Gasteiger partial charge in [-0.3, -0.25) is 15.0 Å². The van der Waals surface area contributed by atoms with Gasteiger partial charge in [-0.05, 0) is 37.5 Å². The number of nitrogens with two attached hydrogens (primary N) is 1. The maximum Gasteiger partial charge on any atom is 0.414 e. The Bertz CT molecular complexity index is 1080. The molecule has 1 aliphatic rings. The van der Waals surface area contributed by atoms with E-state index in [0.29, 0.717) is 29.9 Å². The van der Waals surface area contributed by atoms with E-state index in [-0.39, 0.29) is 12.0 Å². The molecule has 0 bridgehead atoms. The molecule has 0 unspecified atom stereocenters. The van der Waals surface area contributed by atoms with E-state index in [2.05, 4.69) is 27.0 Å². The Kier molecular flexibility index (Phi) is 4.79. The first-order valence-electron chi connectivity index (χ1n) is 9.37. The van der Waals surface area contributed by atoms with Crippen molar-refractivity contribution < 1.29 is 14.3 Å². The highest BCUT2D eigenvalue weighted by Gasteiger charge is 2.28. The normalized spacial score (nSPS) is 14.9. The van der Waals surface area contributed by atoms with Gasteiger partial charge in [0, 0.05) is 41.8 Å². The van der Waals surface area contributed by atoms with Crippen molar-refractivity contribution in [1.82, 2.24) is 25.3 Å². The van der Waals surface area contributed by atoms with Crippen LogP contribution in [0, 0.1) is 0 Å². The molecule has 1 aromatic carbocycles. The number of aromatic amines is 2. The highest BCUT2D eigenvalue weighted by atomic mass is 16.6. The molecular formula is C20H22N6O3. The summed E-state index contributed by atoms with van der Waals surface area (Å²) in [5.74, 6) is 0.0207. The van der Waals surface area contributed by atoms with Crippen LogP contribution in [0.5, 0.6) is 0 Å². The average molecular weight is 394 g/mol. The smallest absolute Gasteiger partial charge is 0.414 e. The van der Waals surface area contributed by atoms with E-state index in [9.17, 15) is 9.59 Å². The lowest BCUT2D eigenvalue weighted by atomic mass is 9.90. The summed E-state index contributed by atoms with van der Waals surface area (Å²) in [7, 11) is 0. The number of nitrogens with one attached hydrogen (secondary N) is 2. The van der Waals surface area contributed by atoms with Crippen LogP contribution in [0.25, 0.3) is 22.0 Å². The molecule has 1 saturated heterocycles. The van der Waals surface area contributed by atoms with Gasteiger partial charge in [-0.25, -0.2) is 4.79 Å². The molecule has 1 aliphatic heterocycles. The van der Waals surface area contributed by atoms with Gasteiger partial charge in [0.05, 0.1) is 17.5 Å². The van der Waals surface area contributed by atoms with Gasteiger partial charge < -0.3 is 15.4 Å². The van der Waals surface area contributed by atoms with Gasteiger partial charge >= 0.3 is 6.09 Å². The lowest BCUT2D eigenvalue weighted by Gasteiger charge is -2.30. The second-order valence-corrected chi connectivity index (χ2v) is 7.24. The zero-order chi connectivity index (χ0) is 20.5. The summed E-state index contributed by atoms with van der Waals surface area (Å²) in [6.07, 6.45) is 4.59. The summed E-state index contributed by atoms with van der Waals surface area (Å²) in [5, 5.41) is 15.1. The van der Waals surface area contributed by atoms with E-state index < -0.39 is 5.91 Å². The van der Waals surface area contributed by atoms with E-state index in [1.54, 1.807) is 30.3 Å². The Balaban J connectivity index is 1.64. The number of hydrogen-bond acceptors (Lipinski definition) is 5. The van der Waals surface area contributed by atoms with Crippen LogP contribution in [0.1, 0.15) is 41.7 Å². The minimum atomic E-state index is -0.532. The van der Waals surface area contributed by atoms with E-state index in [1.165, 1.54) is 0 Å². The molecule has 4 N–H and O–H groups in total. The number of aromatic nitrogens is 4. The molecule has 150 valence electrons. The third-order valence-corrected chi connectivity index (χ3v) is 5.21. The van der Waals surface area contributed by atoms with Gasteiger partial charge in [0.1, 0.15) is 5.52 Å². The molecule has 3 aromatic rings. The standard InChI is InChI=1S/C20H22N6O3/c1-11(2)29-20(28)26-5-3-12(4-6-26)17-15-7-13(14-9-22-23-10-14)8-16(19(21)27)18(15)25-24-17/h7-10,12H,1,3-6H2,2H3,(H2,21,27)(H,22,23)(H,24,25). The maximum absolute atomic E-state index is 12.1. The Morgan fingerprint density at radius 3 is 2.66 bits per heavy atom. The Labute approximate surface area is 166 Å². The number of benzene rings is 1. The van der Waals surface area contributed by atoms with Gasteiger partial charge in [-0.1, -0.05) is 6.58 Å². The van der Waals surface area contributed by atoms with Gasteiger partial charge in [0.25, 0.3) is 5.91 Å². The SMILES string of the molecule is C=C(C)OC(=O)N1CCC(c2[nH]nc3c(C(N)=O)cc(-c4cn[nH]c4)cc23)CC1. The number of carbonyl (C=O) groups is 2. The predicted molar refractivity (Wildman–Crippen MR) is 107 cm³/mol. The first kappa shape index (κ1) is 18.7. The molecule has 0 atom stereocenters. The number of likely N-dealkylation sites (tertiary alicyclic amines) is 1. The molecular weight excluding hydrogens is 372 g/mol. The van der Waals surface area contributed by atoms with Crippen molar-refractivity contribution in [1.29, 1.82) is 0 Å². The second-order valence-electron chi connectivity index (χ2n) is 7.24. The summed E-state index contributed by atoms with van der Waals surface area (Å²) in [6, 6.07) is 3.73. The predicted octanol–water partition coefficient (Wildman–Crippen LogP) is 2.90. The lowest BCUT2D eigenvalue weighted by molar-refractivity contribution is 0.100. The van der Waals surface area contributed by atoms with Crippen molar-refractivity contribution >= 4 is 22.9 Å². The number of piperidine rings is 1. The fourth-order valence-corrected chi connectivity index (χ4v) is 3.78. The Morgan fingerprint density at radius 2 is 2.03 bits per heavy atom. The topological polar surface area (TPSA) is 130 Å². The van der Waals surface area contributed by atoms with Gasteiger partial charge in [0.15, 0.2) is 0 Å². The summed E-state index contributed by atoms with van der Waals surface area (Å²) < 4.78 is 5.10. The molecule has 0 radical (unpaired) electrons. The minimum Gasteiger partial charge on any atom is -0.416 e. The molecule has 9 heteroatoms. The third-order valence-electron chi connectivity index (χ3n) is 5.21. The van der Waals surface area contributed by atoms with Gasteiger partial charge in [-0.2, -0.15) is 10.2 Å². The van der Waals surface area contributed by atoms with Crippen LogP contribution >= 0.6 is 0 Å². The number of ether oxygens (including phenoxy) is 1. The van der Waals surface area contributed by atoms with E-state index in [1.807, 2.05) is 6.07 Å². The van der Waals surface area contributed by atoms with Crippen LogP contribution in [0.3, 0.4) is 0 Å². The number of primary amides is 1. The molecule has 0 aliphatic carbocycles. The van der Waals surface area contributed by atoms with Crippen LogP contribution in [0.15, 0.2) is 36.9 Å². The fourth-order valence-electron chi connectivity index (χ4n) is 3.78. The molecule has 0 spiro atoms. The highest BCUT2D eigenvalue weighted by molar-refractivity contribution is 6.07.